The van der Waals surface area contributed by atoms with Crippen molar-refractivity contribution in [1.29, 1.82) is 0 Å². The molecule has 24 heavy (non-hydrogen) atoms. The van der Waals surface area contributed by atoms with Crippen molar-refractivity contribution in [2.24, 2.45) is 0 Å². The van der Waals surface area contributed by atoms with Crippen molar-refractivity contribution < 1.29 is 19.1 Å². The number of nitrogens with zero attached hydrogens (tertiary/aromatic N) is 2. The molecule has 0 saturated carbocycles. The van der Waals surface area contributed by atoms with Gasteiger partial charge in [0.15, 0.2) is 5.69 Å². The molecule has 2 N–H and O–H groups in total. The molecule has 7 nitrogen and oxygen atoms in total. The summed E-state index contributed by atoms with van der Waals surface area (Å²) in [5.74, 6) is 0.258. The first-order valence-electron chi connectivity index (χ1n) is 7.90. The Morgan fingerprint density at radius 2 is 2.25 bits per heavy atom. The number of hydrogen-bond donors (Lipinski definition) is 2. The fraction of sp³-hybridized carbons (Fsp3) is 0.353. The highest BCUT2D eigenvalue weighted by Crippen LogP contribution is 2.20. The van der Waals surface area contributed by atoms with E-state index in [4.69, 9.17) is 4.42 Å². The molecule has 0 aliphatic carbocycles. The van der Waals surface area contributed by atoms with Crippen molar-refractivity contribution >= 4 is 11.8 Å². The lowest BCUT2D eigenvalue weighted by atomic mass is 10.2. The second-order valence-corrected chi connectivity index (χ2v) is 5.66. The Labute approximate surface area is 139 Å². The van der Waals surface area contributed by atoms with Crippen LogP contribution in [0.15, 0.2) is 35.1 Å². The summed E-state index contributed by atoms with van der Waals surface area (Å²) in [5.41, 5.74) is 1.01. The van der Waals surface area contributed by atoms with Crippen molar-refractivity contribution in [3.8, 4) is 5.75 Å². The molecule has 0 fully saturated rings. The molecule has 0 spiro atoms. The molecular formula is C17H19N3O4. The summed E-state index contributed by atoms with van der Waals surface area (Å²) in [6.45, 7) is 1.42. The molecule has 3 heterocycles. The second-order valence-electron chi connectivity index (χ2n) is 5.66. The van der Waals surface area contributed by atoms with E-state index < -0.39 is 5.91 Å². The van der Waals surface area contributed by atoms with Gasteiger partial charge in [-0.25, -0.2) is 4.98 Å². The SMILES string of the molecule is O=C(NCCC(=O)N1CCCc2occc2C1)c1ncccc1O. The third kappa shape index (κ3) is 3.56. The number of aromatic hydroxyl groups is 1. The Hall–Kier alpha value is -2.83. The van der Waals surface area contributed by atoms with Crippen molar-refractivity contribution in [2.45, 2.75) is 25.8 Å². The number of pyridine rings is 1. The van der Waals surface area contributed by atoms with Crippen LogP contribution in [0.5, 0.6) is 5.75 Å². The molecule has 7 heteroatoms. The van der Waals surface area contributed by atoms with Gasteiger partial charge in [0.2, 0.25) is 5.91 Å². The zero-order valence-corrected chi connectivity index (χ0v) is 13.2. The van der Waals surface area contributed by atoms with Crippen LogP contribution in [0, 0.1) is 0 Å². The largest absolute Gasteiger partial charge is 0.505 e. The van der Waals surface area contributed by atoms with Crippen LogP contribution >= 0.6 is 0 Å². The molecule has 0 saturated heterocycles. The molecule has 0 unspecified atom stereocenters. The molecule has 0 atom stereocenters. The molecule has 2 aromatic rings. The van der Waals surface area contributed by atoms with Gasteiger partial charge in [-0.3, -0.25) is 9.59 Å². The number of rotatable bonds is 4. The standard InChI is InChI=1S/C17H19N3O4/c21-13-3-1-7-18-16(13)17(23)19-8-5-15(22)20-9-2-4-14-12(11-20)6-10-24-14/h1,3,6-7,10,21H,2,4-5,8-9,11H2,(H,19,23). The van der Waals surface area contributed by atoms with Gasteiger partial charge in [0.25, 0.3) is 5.91 Å². The molecular weight excluding hydrogens is 310 g/mol. The quantitative estimate of drug-likeness (QED) is 0.886. The number of amides is 2. The maximum absolute atomic E-state index is 12.3. The minimum atomic E-state index is -0.492. The molecule has 3 rings (SSSR count). The Kier molecular flexibility index (Phi) is 4.79. The van der Waals surface area contributed by atoms with Gasteiger partial charge in [0.05, 0.1) is 6.26 Å². The van der Waals surface area contributed by atoms with E-state index >= 15 is 0 Å². The molecule has 0 bridgehead atoms. The number of aryl methyl sites for hydroxylation is 1. The molecule has 2 amide bonds. The highest BCUT2D eigenvalue weighted by atomic mass is 16.3. The van der Waals surface area contributed by atoms with E-state index in [0.29, 0.717) is 13.1 Å². The van der Waals surface area contributed by atoms with Gasteiger partial charge in [0, 0.05) is 44.2 Å². The van der Waals surface area contributed by atoms with Gasteiger partial charge >= 0.3 is 0 Å². The number of fused-ring (bicyclic) bond motifs is 1. The average Bonchev–Trinajstić information content (AvgIpc) is 2.91. The first-order chi connectivity index (χ1) is 11.6. The molecule has 126 valence electrons. The van der Waals surface area contributed by atoms with Crippen molar-refractivity contribution in [1.82, 2.24) is 15.2 Å². The van der Waals surface area contributed by atoms with Crippen LogP contribution < -0.4 is 5.32 Å². The summed E-state index contributed by atoms with van der Waals surface area (Å²) in [5, 5.41) is 12.2. The topological polar surface area (TPSA) is 95.7 Å². The summed E-state index contributed by atoms with van der Waals surface area (Å²) >= 11 is 0. The Morgan fingerprint density at radius 3 is 3.08 bits per heavy atom. The van der Waals surface area contributed by atoms with E-state index in [1.165, 1.54) is 12.3 Å². The van der Waals surface area contributed by atoms with E-state index in [1.54, 1.807) is 17.2 Å². The third-order valence-electron chi connectivity index (χ3n) is 4.01. The second kappa shape index (κ2) is 7.16. The maximum atomic E-state index is 12.3. The zero-order valence-electron chi connectivity index (χ0n) is 13.2. The first-order valence-corrected chi connectivity index (χ1v) is 7.90. The van der Waals surface area contributed by atoms with Crippen LogP contribution in [0.2, 0.25) is 0 Å². The molecule has 1 aliphatic heterocycles. The predicted octanol–water partition coefficient (Wildman–Crippen LogP) is 1.48. The number of carbonyl (C=O) groups is 2. The van der Waals surface area contributed by atoms with Gasteiger partial charge < -0.3 is 19.7 Å². The lowest BCUT2D eigenvalue weighted by Crippen LogP contribution is -2.34. The monoisotopic (exact) mass is 329 g/mol. The van der Waals surface area contributed by atoms with Crippen molar-refractivity contribution in [2.75, 3.05) is 13.1 Å². The minimum Gasteiger partial charge on any atom is -0.505 e. The van der Waals surface area contributed by atoms with E-state index in [-0.39, 0.29) is 30.3 Å². The van der Waals surface area contributed by atoms with Crippen LogP contribution in [0.3, 0.4) is 0 Å². The van der Waals surface area contributed by atoms with Gasteiger partial charge in [-0.2, -0.15) is 0 Å². The van der Waals surface area contributed by atoms with Gasteiger partial charge in [-0.05, 0) is 24.6 Å². The van der Waals surface area contributed by atoms with Crippen LogP contribution in [-0.4, -0.2) is 39.9 Å². The third-order valence-corrected chi connectivity index (χ3v) is 4.01. The Bertz CT molecular complexity index is 741. The van der Waals surface area contributed by atoms with Crippen LogP contribution in [0.1, 0.15) is 34.7 Å². The molecule has 0 aromatic carbocycles. The van der Waals surface area contributed by atoms with Gasteiger partial charge in [0.1, 0.15) is 11.5 Å². The fourth-order valence-corrected chi connectivity index (χ4v) is 2.75. The van der Waals surface area contributed by atoms with Crippen LogP contribution in [-0.2, 0) is 17.8 Å². The smallest absolute Gasteiger partial charge is 0.273 e. The van der Waals surface area contributed by atoms with Crippen molar-refractivity contribution in [3.63, 3.8) is 0 Å². The molecule has 0 radical (unpaired) electrons. The van der Waals surface area contributed by atoms with E-state index in [2.05, 4.69) is 10.3 Å². The Morgan fingerprint density at radius 1 is 1.38 bits per heavy atom. The van der Waals surface area contributed by atoms with Gasteiger partial charge in [-0.1, -0.05) is 0 Å². The Balaban J connectivity index is 1.51. The maximum Gasteiger partial charge on any atom is 0.273 e. The summed E-state index contributed by atoms with van der Waals surface area (Å²) in [6.07, 6.45) is 4.98. The number of furan rings is 1. The first kappa shape index (κ1) is 16.0. The molecule has 2 aromatic heterocycles. The summed E-state index contributed by atoms with van der Waals surface area (Å²) in [6, 6.07) is 4.83. The van der Waals surface area contributed by atoms with E-state index in [1.807, 2.05) is 6.07 Å². The zero-order chi connectivity index (χ0) is 16.9. The number of carbonyl (C=O) groups excluding carboxylic acids is 2. The van der Waals surface area contributed by atoms with Crippen LogP contribution in [0.25, 0.3) is 0 Å². The van der Waals surface area contributed by atoms with Crippen LogP contribution in [0.4, 0.5) is 0 Å². The number of nitrogens with one attached hydrogen (secondary N) is 1. The lowest BCUT2D eigenvalue weighted by Gasteiger charge is -2.20. The van der Waals surface area contributed by atoms with E-state index in [0.717, 1.165) is 24.2 Å². The normalized spacial score (nSPS) is 13.9. The van der Waals surface area contributed by atoms with E-state index in [9.17, 15) is 14.7 Å². The minimum absolute atomic E-state index is 0.0189. The average molecular weight is 329 g/mol. The van der Waals surface area contributed by atoms with Gasteiger partial charge in [-0.15, -0.1) is 0 Å². The fourth-order valence-electron chi connectivity index (χ4n) is 2.75. The highest BCUT2D eigenvalue weighted by molar-refractivity contribution is 5.94. The lowest BCUT2D eigenvalue weighted by molar-refractivity contribution is -0.131. The number of hydrogen-bond acceptors (Lipinski definition) is 5. The molecule has 1 aliphatic rings. The van der Waals surface area contributed by atoms with Crippen molar-refractivity contribution in [3.05, 3.63) is 47.7 Å². The summed E-state index contributed by atoms with van der Waals surface area (Å²) < 4.78 is 5.41. The summed E-state index contributed by atoms with van der Waals surface area (Å²) in [4.78, 5) is 29.9. The number of aromatic nitrogens is 1. The highest BCUT2D eigenvalue weighted by Gasteiger charge is 2.20. The predicted molar refractivity (Wildman–Crippen MR) is 85.3 cm³/mol. The summed E-state index contributed by atoms with van der Waals surface area (Å²) in [7, 11) is 0.